The van der Waals surface area contributed by atoms with Crippen LogP contribution in [0.5, 0.6) is 0 Å². The number of hydrogen-bond acceptors (Lipinski definition) is 5. The minimum absolute atomic E-state index is 0.0825. The summed E-state index contributed by atoms with van der Waals surface area (Å²) >= 11 is 0. The lowest BCUT2D eigenvalue weighted by atomic mass is 9.94. The smallest absolute Gasteiger partial charge is 0.382 e. The van der Waals surface area contributed by atoms with E-state index in [0.29, 0.717) is 0 Å². The lowest BCUT2D eigenvalue weighted by molar-refractivity contribution is -0.0197. The predicted molar refractivity (Wildman–Crippen MR) is 55.7 cm³/mol. The van der Waals surface area contributed by atoms with Gasteiger partial charge < -0.3 is 14.4 Å². The highest BCUT2D eigenvalue weighted by Gasteiger charge is 2.46. The summed E-state index contributed by atoms with van der Waals surface area (Å²) in [5.41, 5.74) is 0. The fourth-order valence-corrected chi connectivity index (χ4v) is 2.17. The molecule has 0 spiro atoms. The van der Waals surface area contributed by atoms with Crippen LogP contribution in [-0.2, 0) is 23.1 Å². The highest BCUT2D eigenvalue weighted by molar-refractivity contribution is 7.47. The lowest BCUT2D eigenvalue weighted by Gasteiger charge is -2.21. The zero-order chi connectivity index (χ0) is 12.3. The molecule has 0 aromatic carbocycles. The molecule has 6 nitrogen and oxygen atoms in total. The highest BCUT2D eigenvalue weighted by atomic mass is 31.2. The molecule has 0 aromatic rings. The van der Waals surface area contributed by atoms with Crippen molar-refractivity contribution in [2.45, 2.75) is 24.4 Å². The molecule has 1 rings (SSSR count). The number of rotatable bonds is 5. The molecule has 0 saturated carbocycles. The Hall–Kier alpha value is 0.0249. The molecular weight excluding hydrogens is 241 g/mol. The monoisotopic (exact) mass is 256 g/mol. The quantitative estimate of drug-likeness (QED) is 0.526. The Labute approximate surface area is 94.0 Å². The summed E-state index contributed by atoms with van der Waals surface area (Å²) in [6, 6.07) is -0.706. The van der Waals surface area contributed by atoms with Gasteiger partial charge in [0, 0.05) is 14.2 Å². The molecule has 1 heterocycles. The maximum Gasteiger partial charge on any atom is 0.472 e. The van der Waals surface area contributed by atoms with Crippen LogP contribution in [0.25, 0.3) is 0 Å². The first-order valence-corrected chi connectivity index (χ1v) is 6.26. The summed E-state index contributed by atoms with van der Waals surface area (Å²) in [5.74, 6) is 0. The standard InChI is InChI=1S/C7H15BFO6P/c1-12-3-4-6(5(9)7(8)14-4)15-16(10,11)13-2/h4-7H,3,8H2,1-2H3,(H,10,11)/t4-,5-,6?,7-/m1/s1. The van der Waals surface area contributed by atoms with E-state index in [1.165, 1.54) is 15.0 Å². The summed E-state index contributed by atoms with van der Waals surface area (Å²) in [6.45, 7) is 0.0825. The number of alkyl halides is 1. The van der Waals surface area contributed by atoms with Gasteiger partial charge in [-0.3, -0.25) is 9.05 Å². The van der Waals surface area contributed by atoms with Crippen LogP contribution in [-0.4, -0.2) is 57.9 Å². The molecule has 1 fully saturated rings. The van der Waals surface area contributed by atoms with Crippen LogP contribution in [0, 0.1) is 0 Å². The van der Waals surface area contributed by atoms with E-state index in [2.05, 4.69) is 4.52 Å². The Kier molecular flexibility index (Phi) is 4.91. The van der Waals surface area contributed by atoms with Crippen LogP contribution in [0.3, 0.4) is 0 Å². The van der Waals surface area contributed by atoms with Crippen molar-refractivity contribution in [3.8, 4) is 0 Å². The number of methoxy groups -OCH3 is 1. The van der Waals surface area contributed by atoms with Gasteiger partial charge in [0.25, 0.3) is 0 Å². The molecule has 0 aromatic heterocycles. The summed E-state index contributed by atoms with van der Waals surface area (Å²) in [4.78, 5) is 9.12. The van der Waals surface area contributed by atoms with Crippen LogP contribution < -0.4 is 0 Å². The van der Waals surface area contributed by atoms with Crippen LogP contribution in [0.4, 0.5) is 4.39 Å². The van der Waals surface area contributed by atoms with Crippen LogP contribution in [0.2, 0.25) is 0 Å². The molecule has 94 valence electrons. The van der Waals surface area contributed by atoms with E-state index in [9.17, 15) is 8.96 Å². The predicted octanol–water partition coefficient (Wildman–Crippen LogP) is -0.539. The first-order chi connectivity index (χ1) is 7.41. The summed E-state index contributed by atoms with van der Waals surface area (Å²) in [6.07, 6.45) is -3.37. The Bertz CT molecular complexity index is 280. The molecule has 0 amide bonds. The van der Waals surface area contributed by atoms with E-state index < -0.39 is 32.2 Å². The maximum atomic E-state index is 13.6. The first-order valence-electron chi connectivity index (χ1n) is 4.76. The number of hydrogen-bond donors (Lipinski definition) is 1. The van der Waals surface area contributed by atoms with E-state index in [4.69, 9.17) is 18.9 Å². The van der Waals surface area contributed by atoms with Gasteiger partial charge in [-0.1, -0.05) is 0 Å². The van der Waals surface area contributed by atoms with Crippen molar-refractivity contribution in [1.29, 1.82) is 0 Å². The van der Waals surface area contributed by atoms with Gasteiger partial charge >= 0.3 is 7.82 Å². The average Bonchev–Trinajstić information content (AvgIpc) is 2.47. The Balaban J connectivity index is 2.70. The molecule has 1 aliphatic rings. The Morgan fingerprint density at radius 3 is 2.69 bits per heavy atom. The maximum absolute atomic E-state index is 13.6. The Morgan fingerprint density at radius 1 is 1.56 bits per heavy atom. The number of phosphoric acid groups is 1. The second kappa shape index (κ2) is 5.57. The summed E-state index contributed by atoms with van der Waals surface area (Å²) in [5, 5.41) is 0. The fraction of sp³-hybridized carbons (Fsp3) is 1.00. The molecule has 1 N–H and O–H groups in total. The summed E-state index contributed by atoms with van der Waals surface area (Å²) in [7, 11) is -0.269. The van der Waals surface area contributed by atoms with Crippen LogP contribution >= 0.6 is 7.82 Å². The van der Waals surface area contributed by atoms with Gasteiger partial charge in [-0.25, -0.2) is 8.96 Å². The van der Waals surface area contributed by atoms with Gasteiger partial charge in [0.1, 0.15) is 26.2 Å². The molecule has 2 unspecified atom stereocenters. The van der Waals surface area contributed by atoms with Gasteiger partial charge in [0.15, 0.2) is 0 Å². The van der Waals surface area contributed by atoms with Gasteiger partial charge in [-0.15, -0.1) is 0 Å². The normalized spacial score (nSPS) is 38.5. The topological polar surface area (TPSA) is 74.2 Å². The SMILES string of the molecule is B[C@@H]1O[C@H](COC)C(OP(=O)(O)OC)[C@H]1F. The van der Waals surface area contributed by atoms with Crippen molar-refractivity contribution in [3.05, 3.63) is 0 Å². The van der Waals surface area contributed by atoms with E-state index in [-0.39, 0.29) is 6.61 Å². The average molecular weight is 256 g/mol. The fourth-order valence-electron chi connectivity index (χ4n) is 1.52. The van der Waals surface area contributed by atoms with E-state index in [1.807, 2.05) is 0 Å². The van der Waals surface area contributed by atoms with E-state index in [0.717, 1.165) is 7.11 Å². The third-order valence-electron chi connectivity index (χ3n) is 2.33. The summed E-state index contributed by atoms with van der Waals surface area (Å²) < 4.78 is 43.8. The minimum Gasteiger partial charge on any atom is -0.382 e. The number of phosphoric ester groups is 1. The first kappa shape index (κ1) is 14.1. The van der Waals surface area contributed by atoms with Crippen LogP contribution in [0.15, 0.2) is 0 Å². The van der Waals surface area contributed by atoms with Gasteiger partial charge in [0.2, 0.25) is 0 Å². The molecule has 0 radical (unpaired) electrons. The minimum atomic E-state index is -4.22. The number of halogens is 1. The Morgan fingerprint density at radius 2 is 2.19 bits per heavy atom. The van der Waals surface area contributed by atoms with E-state index >= 15 is 0 Å². The molecule has 5 atom stereocenters. The molecule has 1 aliphatic heterocycles. The lowest BCUT2D eigenvalue weighted by Crippen LogP contribution is -2.34. The van der Waals surface area contributed by atoms with Crippen molar-refractivity contribution in [1.82, 2.24) is 0 Å². The molecule has 1 saturated heterocycles. The second-order valence-electron chi connectivity index (χ2n) is 3.50. The number of ether oxygens (including phenoxy) is 2. The molecule has 0 aliphatic carbocycles. The molecular formula is C7H15BFO6P. The van der Waals surface area contributed by atoms with Crippen molar-refractivity contribution in [3.63, 3.8) is 0 Å². The second-order valence-corrected chi connectivity index (χ2v) is 5.01. The van der Waals surface area contributed by atoms with Crippen LogP contribution in [0.1, 0.15) is 0 Å². The van der Waals surface area contributed by atoms with E-state index in [1.54, 1.807) is 0 Å². The van der Waals surface area contributed by atoms with Crippen molar-refractivity contribution < 1.29 is 32.4 Å². The van der Waals surface area contributed by atoms with Crippen molar-refractivity contribution in [2.24, 2.45) is 0 Å². The van der Waals surface area contributed by atoms with Crippen molar-refractivity contribution in [2.75, 3.05) is 20.8 Å². The molecule has 9 heteroatoms. The van der Waals surface area contributed by atoms with Gasteiger partial charge in [-0.2, -0.15) is 0 Å². The highest BCUT2D eigenvalue weighted by Crippen LogP contribution is 2.46. The van der Waals surface area contributed by atoms with Gasteiger partial charge in [-0.05, 0) is 0 Å². The zero-order valence-corrected chi connectivity index (χ0v) is 10.2. The zero-order valence-electron chi connectivity index (χ0n) is 9.33. The molecule has 16 heavy (non-hydrogen) atoms. The largest absolute Gasteiger partial charge is 0.472 e. The van der Waals surface area contributed by atoms with Crippen molar-refractivity contribution >= 4 is 15.7 Å². The molecule has 0 bridgehead atoms. The van der Waals surface area contributed by atoms with Gasteiger partial charge in [0.05, 0.1) is 12.6 Å². The third kappa shape index (κ3) is 3.26. The third-order valence-corrected chi connectivity index (χ3v) is 3.31.